The molecule has 6 nitrogen and oxygen atoms in total. The van der Waals surface area contributed by atoms with Crippen LogP contribution in [0, 0.1) is 0 Å². The van der Waals surface area contributed by atoms with Gasteiger partial charge in [-0.15, -0.1) is 0 Å². The number of ether oxygens (including phenoxy) is 2. The predicted molar refractivity (Wildman–Crippen MR) is 145 cm³/mol. The Morgan fingerprint density at radius 1 is 0.865 bits per heavy atom. The number of anilines is 1. The monoisotopic (exact) mass is 533 g/mol. The minimum Gasteiger partial charge on any atom is -0.507 e. The molecule has 8 heteroatoms. The largest absolute Gasteiger partial charge is 0.507 e. The standard InChI is InChI=1S/C29H21Cl2NO5/c1-36-19-10-6-9-18(15-19)32-25(21-12-5-8-16-7-3-4-11-20(16)21)24(27(34)29(32)35)26(33)17-13-22(30)28(37-2)23(31)14-17/h3-15,25,33H,1-2H3/b26-24+. The Bertz CT molecular complexity index is 1570. The first kappa shape index (κ1) is 24.7. The van der Waals surface area contributed by atoms with Gasteiger partial charge in [-0.05, 0) is 40.6 Å². The molecule has 5 rings (SSSR count). The van der Waals surface area contributed by atoms with Crippen molar-refractivity contribution in [2.75, 3.05) is 19.1 Å². The topological polar surface area (TPSA) is 76.1 Å². The lowest BCUT2D eigenvalue weighted by molar-refractivity contribution is -0.132. The molecule has 4 aromatic rings. The van der Waals surface area contributed by atoms with Gasteiger partial charge >= 0.3 is 0 Å². The van der Waals surface area contributed by atoms with Gasteiger partial charge in [-0.2, -0.15) is 0 Å². The molecule has 1 unspecified atom stereocenters. The fourth-order valence-corrected chi connectivity index (χ4v) is 5.33. The van der Waals surface area contributed by atoms with Crippen molar-refractivity contribution in [2.45, 2.75) is 6.04 Å². The van der Waals surface area contributed by atoms with E-state index in [4.69, 9.17) is 32.7 Å². The van der Waals surface area contributed by atoms with E-state index in [1.807, 2.05) is 42.5 Å². The van der Waals surface area contributed by atoms with Gasteiger partial charge in [0, 0.05) is 17.3 Å². The van der Waals surface area contributed by atoms with Crippen LogP contribution in [0.1, 0.15) is 17.2 Å². The highest BCUT2D eigenvalue weighted by Gasteiger charge is 2.47. The molecule has 0 radical (unpaired) electrons. The lowest BCUT2D eigenvalue weighted by Gasteiger charge is -2.27. The molecule has 0 bridgehead atoms. The number of hydrogen-bond donors (Lipinski definition) is 1. The molecule has 1 fully saturated rings. The predicted octanol–water partition coefficient (Wildman–Crippen LogP) is 6.79. The van der Waals surface area contributed by atoms with E-state index in [1.165, 1.54) is 31.3 Å². The third kappa shape index (κ3) is 4.18. The summed E-state index contributed by atoms with van der Waals surface area (Å²) in [5.74, 6) is -1.25. The van der Waals surface area contributed by atoms with E-state index in [2.05, 4.69) is 0 Å². The average molecular weight is 534 g/mol. The molecular weight excluding hydrogens is 513 g/mol. The number of fused-ring (bicyclic) bond motifs is 1. The number of hydrogen-bond acceptors (Lipinski definition) is 5. The molecule has 0 aromatic heterocycles. The van der Waals surface area contributed by atoms with Gasteiger partial charge in [0.1, 0.15) is 11.5 Å². The molecule has 1 aliphatic rings. The van der Waals surface area contributed by atoms with Crippen molar-refractivity contribution in [3.63, 3.8) is 0 Å². The van der Waals surface area contributed by atoms with E-state index >= 15 is 0 Å². The van der Waals surface area contributed by atoms with Gasteiger partial charge in [0.2, 0.25) is 0 Å². The highest BCUT2D eigenvalue weighted by molar-refractivity contribution is 6.52. The molecule has 1 aliphatic heterocycles. The Hall–Kier alpha value is -4.00. The quantitative estimate of drug-likeness (QED) is 0.173. The zero-order chi connectivity index (χ0) is 26.3. The number of halogens is 2. The number of nitrogens with zero attached hydrogens (tertiary/aromatic N) is 1. The second-order valence-electron chi connectivity index (χ2n) is 8.41. The van der Waals surface area contributed by atoms with Crippen molar-refractivity contribution in [1.82, 2.24) is 0 Å². The number of ketones is 1. The fourth-order valence-electron chi connectivity index (χ4n) is 4.69. The summed E-state index contributed by atoms with van der Waals surface area (Å²) in [7, 11) is 2.94. The molecule has 0 aliphatic carbocycles. The van der Waals surface area contributed by atoms with E-state index in [9.17, 15) is 14.7 Å². The summed E-state index contributed by atoms with van der Waals surface area (Å²) >= 11 is 12.6. The Balaban J connectivity index is 1.81. The number of carbonyl (C=O) groups is 2. The maximum absolute atomic E-state index is 13.5. The summed E-state index contributed by atoms with van der Waals surface area (Å²) < 4.78 is 10.6. The maximum atomic E-state index is 13.5. The van der Waals surface area contributed by atoms with Crippen LogP contribution < -0.4 is 14.4 Å². The van der Waals surface area contributed by atoms with Crippen molar-refractivity contribution in [3.8, 4) is 11.5 Å². The highest BCUT2D eigenvalue weighted by Crippen LogP contribution is 2.45. The van der Waals surface area contributed by atoms with E-state index in [-0.39, 0.29) is 26.9 Å². The van der Waals surface area contributed by atoms with E-state index in [0.717, 1.165) is 10.8 Å². The minimum absolute atomic E-state index is 0.0820. The molecule has 1 atom stereocenters. The van der Waals surface area contributed by atoms with E-state index in [0.29, 0.717) is 17.0 Å². The lowest BCUT2D eigenvalue weighted by Crippen LogP contribution is -2.29. The van der Waals surface area contributed by atoms with Crippen LogP contribution in [0.4, 0.5) is 5.69 Å². The van der Waals surface area contributed by atoms with Gasteiger partial charge in [0.05, 0.1) is 35.9 Å². The van der Waals surface area contributed by atoms with Gasteiger partial charge in [0.15, 0.2) is 5.75 Å². The number of aliphatic hydroxyl groups excluding tert-OH is 1. The smallest absolute Gasteiger partial charge is 0.300 e. The summed E-state index contributed by atoms with van der Waals surface area (Å²) in [6.07, 6.45) is 0. The van der Waals surface area contributed by atoms with Crippen LogP contribution in [0.3, 0.4) is 0 Å². The summed E-state index contributed by atoms with van der Waals surface area (Å²) in [4.78, 5) is 28.4. The zero-order valence-corrected chi connectivity index (χ0v) is 21.4. The van der Waals surface area contributed by atoms with Gasteiger partial charge in [-0.25, -0.2) is 0 Å². The summed E-state index contributed by atoms with van der Waals surface area (Å²) in [5, 5.41) is 13.6. The minimum atomic E-state index is -0.933. The molecule has 0 saturated carbocycles. The molecule has 186 valence electrons. The first-order valence-electron chi connectivity index (χ1n) is 11.3. The van der Waals surface area contributed by atoms with Crippen LogP contribution in [-0.2, 0) is 9.59 Å². The summed E-state index contributed by atoms with van der Waals surface area (Å²) in [6, 6.07) is 22.1. The van der Waals surface area contributed by atoms with Crippen LogP contribution in [0.2, 0.25) is 10.0 Å². The summed E-state index contributed by atoms with van der Waals surface area (Å²) in [5.41, 5.74) is 1.22. The molecule has 1 amide bonds. The molecule has 1 heterocycles. The first-order chi connectivity index (χ1) is 17.8. The SMILES string of the molecule is COc1cccc(N2C(=O)C(=O)/C(=C(/O)c3cc(Cl)c(OC)c(Cl)c3)C2c2cccc3ccccc23)c1. The number of amides is 1. The van der Waals surface area contributed by atoms with E-state index in [1.54, 1.807) is 24.3 Å². The van der Waals surface area contributed by atoms with Crippen LogP contribution in [0.15, 0.2) is 84.4 Å². The fraction of sp³-hybridized carbons (Fsp3) is 0.103. The average Bonchev–Trinajstić information content (AvgIpc) is 3.17. The van der Waals surface area contributed by atoms with Crippen molar-refractivity contribution >= 4 is 57.1 Å². The van der Waals surface area contributed by atoms with Crippen molar-refractivity contribution < 1.29 is 24.2 Å². The molecular formula is C29H21Cl2NO5. The van der Waals surface area contributed by atoms with E-state index < -0.39 is 23.5 Å². The third-order valence-electron chi connectivity index (χ3n) is 6.37. The van der Waals surface area contributed by atoms with Gasteiger partial charge in [0.25, 0.3) is 11.7 Å². The zero-order valence-electron chi connectivity index (χ0n) is 19.9. The molecule has 37 heavy (non-hydrogen) atoms. The molecule has 0 spiro atoms. The Morgan fingerprint density at radius 2 is 1.54 bits per heavy atom. The first-order valence-corrected chi connectivity index (χ1v) is 12.1. The number of carbonyl (C=O) groups excluding carboxylic acids is 2. The number of benzene rings is 4. The van der Waals surface area contributed by atoms with Gasteiger partial charge in [-0.3, -0.25) is 14.5 Å². The third-order valence-corrected chi connectivity index (χ3v) is 6.93. The normalized spacial score (nSPS) is 16.9. The second kappa shape index (κ2) is 9.81. The van der Waals surface area contributed by atoms with Crippen molar-refractivity contribution in [2.24, 2.45) is 0 Å². The van der Waals surface area contributed by atoms with Crippen LogP contribution in [0.25, 0.3) is 16.5 Å². The number of aliphatic hydroxyl groups is 1. The van der Waals surface area contributed by atoms with Gasteiger partial charge < -0.3 is 14.6 Å². The maximum Gasteiger partial charge on any atom is 0.300 e. The van der Waals surface area contributed by atoms with Crippen LogP contribution in [-0.4, -0.2) is 31.0 Å². The Kier molecular flexibility index (Phi) is 6.54. The van der Waals surface area contributed by atoms with Crippen molar-refractivity contribution in [3.05, 3.63) is 106 Å². The number of rotatable bonds is 5. The lowest BCUT2D eigenvalue weighted by atomic mass is 9.91. The Labute approximate surface area is 223 Å². The van der Waals surface area contributed by atoms with Crippen LogP contribution in [0.5, 0.6) is 11.5 Å². The Morgan fingerprint density at radius 3 is 2.24 bits per heavy atom. The second-order valence-corrected chi connectivity index (χ2v) is 9.23. The van der Waals surface area contributed by atoms with Crippen LogP contribution >= 0.6 is 23.2 Å². The molecule has 1 N–H and O–H groups in total. The molecule has 4 aromatic carbocycles. The highest BCUT2D eigenvalue weighted by atomic mass is 35.5. The molecule has 1 saturated heterocycles. The summed E-state index contributed by atoms with van der Waals surface area (Å²) in [6.45, 7) is 0. The number of Topliss-reactive ketones (excluding diaryl/α,β-unsaturated/α-hetero) is 1. The van der Waals surface area contributed by atoms with Crippen molar-refractivity contribution in [1.29, 1.82) is 0 Å². The number of methoxy groups -OCH3 is 2. The van der Waals surface area contributed by atoms with Gasteiger partial charge in [-0.1, -0.05) is 71.7 Å².